The maximum absolute atomic E-state index is 9.74. The number of hydrogen-bond donors (Lipinski definition) is 1. The van der Waals surface area contributed by atoms with E-state index < -0.39 is 0 Å². The normalized spacial score (nSPS) is 28.6. The van der Waals surface area contributed by atoms with Crippen LogP contribution < -0.4 is 0 Å². The van der Waals surface area contributed by atoms with Gasteiger partial charge in [0, 0.05) is 12.0 Å². The van der Waals surface area contributed by atoms with Crippen LogP contribution in [0.3, 0.4) is 0 Å². The highest BCUT2D eigenvalue weighted by atomic mass is 16.3. The standard InChI is InChI=1S/C10H14O2/c1-6-3-8(11)10-7(2)5-12-9(10)4-6/h5-6,8,11H,3-4H2,1-2H3. The fourth-order valence-corrected chi connectivity index (χ4v) is 2.01. The predicted molar refractivity (Wildman–Crippen MR) is 45.9 cm³/mol. The molecule has 1 aliphatic carbocycles. The fraction of sp³-hybridized carbons (Fsp3) is 0.600. The number of aliphatic hydroxyl groups is 1. The van der Waals surface area contributed by atoms with Gasteiger partial charge in [-0.15, -0.1) is 0 Å². The van der Waals surface area contributed by atoms with E-state index in [2.05, 4.69) is 6.92 Å². The molecule has 2 heteroatoms. The third-order valence-corrected chi connectivity index (χ3v) is 2.60. The summed E-state index contributed by atoms with van der Waals surface area (Å²) in [5.74, 6) is 1.52. The summed E-state index contributed by atoms with van der Waals surface area (Å²) in [5, 5.41) is 9.74. The molecule has 0 aliphatic heterocycles. The van der Waals surface area contributed by atoms with E-state index in [1.165, 1.54) is 0 Å². The van der Waals surface area contributed by atoms with Gasteiger partial charge in [0.1, 0.15) is 5.76 Å². The van der Waals surface area contributed by atoms with Gasteiger partial charge in [-0.05, 0) is 24.8 Å². The summed E-state index contributed by atoms with van der Waals surface area (Å²) in [7, 11) is 0. The zero-order chi connectivity index (χ0) is 8.72. The van der Waals surface area contributed by atoms with Crippen LogP contribution in [0.4, 0.5) is 0 Å². The van der Waals surface area contributed by atoms with Gasteiger partial charge in [0.25, 0.3) is 0 Å². The van der Waals surface area contributed by atoms with Gasteiger partial charge in [-0.1, -0.05) is 6.92 Å². The lowest BCUT2D eigenvalue weighted by Gasteiger charge is -2.22. The van der Waals surface area contributed by atoms with Crippen LogP contribution >= 0.6 is 0 Å². The molecule has 0 aromatic carbocycles. The molecule has 0 amide bonds. The molecule has 1 heterocycles. The molecule has 1 aromatic heterocycles. The van der Waals surface area contributed by atoms with Crippen molar-refractivity contribution in [2.45, 2.75) is 32.8 Å². The number of fused-ring (bicyclic) bond motifs is 1. The second-order valence-electron chi connectivity index (χ2n) is 3.82. The highest BCUT2D eigenvalue weighted by Gasteiger charge is 2.27. The molecular formula is C10H14O2. The van der Waals surface area contributed by atoms with Gasteiger partial charge in [0.15, 0.2) is 0 Å². The first-order chi connectivity index (χ1) is 5.68. The Kier molecular flexibility index (Phi) is 1.72. The maximum Gasteiger partial charge on any atom is 0.110 e. The first kappa shape index (κ1) is 7.87. The van der Waals surface area contributed by atoms with Crippen molar-refractivity contribution in [3.05, 3.63) is 23.2 Å². The molecule has 2 nitrogen and oxygen atoms in total. The Morgan fingerprint density at radius 1 is 1.58 bits per heavy atom. The summed E-state index contributed by atoms with van der Waals surface area (Å²) < 4.78 is 5.37. The van der Waals surface area contributed by atoms with Gasteiger partial charge in [-0.2, -0.15) is 0 Å². The topological polar surface area (TPSA) is 33.4 Å². The minimum atomic E-state index is -0.303. The number of rotatable bonds is 0. The van der Waals surface area contributed by atoms with Crippen molar-refractivity contribution < 1.29 is 9.52 Å². The third-order valence-electron chi connectivity index (χ3n) is 2.60. The molecule has 0 spiro atoms. The van der Waals surface area contributed by atoms with Crippen LogP contribution in [0.2, 0.25) is 0 Å². The lowest BCUT2D eigenvalue weighted by molar-refractivity contribution is 0.131. The second kappa shape index (κ2) is 2.63. The van der Waals surface area contributed by atoms with E-state index in [0.717, 1.165) is 29.7 Å². The lowest BCUT2D eigenvalue weighted by atomic mass is 9.86. The summed E-state index contributed by atoms with van der Waals surface area (Å²) in [4.78, 5) is 0. The first-order valence-corrected chi connectivity index (χ1v) is 4.43. The Morgan fingerprint density at radius 2 is 2.33 bits per heavy atom. The monoisotopic (exact) mass is 166 g/mol. The fourth-order valence-electron chi connectivity index (χ4n) is 2.01. The van der Waals surface area contributed by atoms with Gasteiger partial charge in [-0.3, -0.25) is 0 Å². The average molecular weight is 166 g/mol. The molecule has 2 unspecified atom stereocenters. The van der Waals surface area contributed by atoms with Gasteiger partial charge < -0.3 is 9.52 Å². The molecule has 2 atom stereocenters. The smallest absolute Gasteiger partial charge is 0.110 e. The van der Waals surface area contributed by atoms with E-state index in [1.54, 1.807) is 6.26 Å². The molecule has 2 rings (SSSR count). The maximum atomic E-state index is 9.74. The van der Waals surface area contributed by atoms with Gasteiger partial charge in [-0.25, -0.2) is 0 Å². The largest absolute Gasteiger partial charge is 0.469 e. The van der Waals surface area contributed by atoms with Crippen molar-refractivity contribution in [3.8, 4) is 0 Å². The molecule has 66 valence electrons. The number of aryl methyl sites for hydroxylation is 1. The molecule has 0 saturated heterocycles. The summed E-state index contributed by atoms with van der Waals surface area (Å²) in [6, 6.07) is 0. The van der Waals surface area contributed by atoms with Gasteiger partial charge in [0.05, 0.1) is 12.4 Å². The van der Waals surface area contributed by atoms with E-state index in [-0.39, 0.29) is 6.10 Å². The lowest BCUT2D eigenvalue weighted by Crippen LogP contribution is -2.15. The van der Waals surface area contributed by atoms with Crippen LogP contribution in [0.5, 0.6) is 0 Å². The zero-order valence-electron chi connectivity index (χ0n) is 7.50. The summed E-state index contributed by atoms with van der Waals surface area (Å²) >= 11 is 0. The summed E-state index contributed by atoms with van der Waals surface area (Å²) in [6.45, 7) is 4.13. The highest BCUT2D eigenvalue weighted by Crippen LogP contribution is 2.35. The SMILES string of the molecule is Cc1coc2c1C(O)CC(C)C2. The van der Waals surface area contributed by atoms with Crippen molar-refractivity contribution >= 4 is 0 Å². The second-order valence-corrected chi connectivity index (χ2v) is 3.82. The molecule has 0 radical (unpaired) electrons. The van der Waals surface area contributed by atoms with E-state index in [4.69, 9.17) is 4.42 Å². The Morgan fingerprint density at radius 3 is 3.08 bits per heavy atom. The third kappa shape index (κ3) is 1.07. The Hall–Kier alpha value is -0.760. The Bertz CT molecular complexity index is 288. The van der Waals surface area contributed by atoms with Crippen LogP contribution in [-0.2, 0) is 6.42 Å². The number of aliphatic hydroxyl groups excluding tert-OH is 1. The summed E-state index contributed by atoms with van der Waals surface area (Å²) in [6.07, 6.45) is 3.28. The average Bonchev–Trinajstić information content (AvgIpc) is 2.31. The molecule has 0 fully saturated rings. The molecular weight excluding hydrogens is 152 g/mol. The summed E-state index contributed by atoms with van der Waals surface area (Å²) in [5.41, 5.74) is 2.12. The molecule has 1 aliphatic rings. The molecule has 1 N–H and O–H groups in total. The number of furan rings is 1. The zero-order valence-corrected chi connectivity index (χ0v) is 7.50. The van der Waals surface area contributed by atoms with Crippen LogP contribution in [0.1, 0.15) is 36.3 Å². The molecule has 0 bridgehead atoms. The first-order valence-electron chi connectivity index (χ1n) is 4.43. The van der Waals surface area contributed by atoms with Crippen LogP contribution in [0.25, 0.3) is 0 Å². The number of hydrogen-bond acceptors (Lipinski definition) is 2. The molecule has 0 saturated carbocycles. The van der Waals surface area contributed by atoms with Crippen LogP contribution in [0.15, 0.2) is 10.7 Å². The molecule has 12 heavy (non-hydrogen) atoms. The van der Waals surface area contributed by atoms with Crippen LogP contribution in [-0.4, -0.2) is 5.11 Å². The van der Waals surface area contributed by atoms with E-state index >= 15 is 0 Å². The van der Waals surface area contributed by atoms with Crippen molar-refractivity contribution in [2.75, 3.05) is 0 Å². The van der Waals surface area contributed by atoms with Crippen LogP contribution in [0, 0.1) is 12.8 Å². The van der Waals surface area contributed by atoms with Gasteiger partial charge in [0.2, 0.25) is 0 Å². The van der Waals surface area contributed by atoms with Crippen molar-refractivity contribution in [1.82, 2.24) is 0 Å². The Labute approximate surface area is 72.2 Å². The predicted octanol–water partition coefficient (Wildman–Crippen LogP) is 2.20. The minimum absolute atomic E-state index is 0.303. The van der Waals surface area contributed by atoms with Crippen molar-refractivity contribution in [2.24, 2.45) is 5.92 Å². The molecule has 1 aromatic rings. The Balaban J connectivity index is 2.43. The van der Waals surface area contributed by atoms with E-state index in [9.17, 15) is 5.11 Å². The minimum Gasteiger partial charge on any atom is -0.469 e. The van der Waals surface area contributed by atoms with Gasteiger partial charge >= 0.3 is 0 Å². The highest BCUT2D eigenvalue weighted by molar-refractivity contribution is 5.31. The van der Waals surface area contributed by atoms with Crippen molar-refractivity contribution in [3.63, 3.8) is 0 Å². The quantitative estimate of drug-likeness (QED) is 0.641. The van der Waals surface area contributed by atoms with E-state index in [0.29, 0.717) is 5.92 Å². The van der Waals surface area contributed by atoms with Crippen molar-refractivity contribution in [1.29, 1.82) is 0 Å². The van der Waals surface area contributed by atoms with E-state index in [1.807, 2.05) is 6.92 Å².